The number of rotatable bonds is 5. The molecule has 1 aromatic rings. The molecule has 6 nitrogen and oxygen atoms in total. The summed E-state index contributed by atoms with van der Waals surface area (Å²) in [6.07, 6.45) is 0.990. The number of nitrogens with one attached hydrogen (secondary N) is 1. The Balaban J connectivity index is 3.01. The molecule has 0 saturated heterocycles. The summed E-state index contributed by atoms with van der Waals surface area (Å²) in [7, 11) is 3.90. The van der Waals surface area contributed by atoms with Gasteiger partial charge in [-0.2, -0.15) is 0 Å². The van der Waals surface area contributed by atoms with Crippen molar-refractivity contribution < 1.29 is 23.8 Å². The van der Waals surface area contributed by atoms with Crippen molar-refractivity contribution in [1.82, 2.24) is 0 Å². The SMILES string of the molecule is COC(=O)/C=C(/Nc1ccc(OC)c(Cl)c1)C(=O)OC. The van der Waals surface area contributed by atoms with E-state index in [9.17, 15) is 9.59 Å². The van der Waals surface area contributed by atoms with Gasteiger partial charge in [0.2, 0.25) is 0 Å². The van der Waals surface area contributed by atoms with Crippen LogP contribution in [0.15, 0.2) is 30.0 Å². The highest BCUT2D eigenvalue weighted by Crippen LogP contribution is 2.27. The zero-order chi connectivity index (χ0) is 15.1. The number of esters is 2. The maximum Gasteiger partial charge on any atom is 0.354 e. The standard InChI is InChI=1S/C13H14ClNO5/c1-18-11-5-4-8(6-9(11)14)15-10(13(17)20-3)7-12(16)19-2/h4-7,15H,1-3H3/b10-7+. The molecule has 0 aliphatic heterocycles. The number of hydrogen-bond donors (Lipinski definition) is 1. The average Bonchev–Trinajstić information content (AvgIpc) is 2.45. The minimum Gasteiger partial charge on any atom is -0.495 e. The molecule has 7 heteroatoms. The third-order valence-electron chi connectivity index (χ3n) is 2.30. The molecule has 0 aliphatic rings. The first-order chi connectivity index (χ1) is 9.51. The van der Waals surface area contributed by atoms with Crippen molar-refractivity contribution in [2.24, 2.45) is 0 Å². The average molecular weight is 300 g/mol. The number of ether oxygens (including phenoxy) is 3. The van der Waals surface area contributed by atoms with Crippen molar-refractivity contribution >= 4 is 29.2 Å². The molecule has 20 heavy (non-hydrogen) atoms. The second-order valence-corrected chi connectivity index (χ2v) is 3.95. The monoisotopic (exact) mass is 299 g/mol. The van der Waals surface area contributed by atoms with Gasteiger partial charge in [0, 0.05) is 5.69 Å². The van der Waals surface area contributed by atoms with Crippen LogP contribution in [0.25, 0.3) is 0 Å². The van der Waals surface area contributed by atoms with Gasteiger partial charge >= 0.3 is 11.9 Å². The summed E-state index contributed by atoms with van der Waals surface area (Å²) in [4.78, 5) is 22.8. The van der Waals surface area contributed by atoms with Gasteiger partial charge in [-0.05, 0) is 18.2 Å². The summed E-state index contributed by atoms with van der Waals surface area (Å²) in [6, 6.07) is 4.81. The molecule has 0 aromatic heterocycles. The summed E-state index contributed by atoms with van der Waals surface area (Å²) in [6.45, 7) is 0. The maximum absolute atomic E-state index is 11.6. The van der Waals surface area contributed by atoms with Crippen LogP contribution >= 0.6 is 11.6 Å². The molecule has 0 atom stereocenters. The molecule has 0 aliphatic carbocycles. The van der Waals surface area contributed by atoms with Gasteiger partial charge in [0.1, 0.15) is 11.4 Å². The first kappa shape index (κ1) is 15.8. The molecule has 1 rings (SSSR count). The molecule has 0 heterocycles. The number of anilines is 1. The van der Waals surface area contributed by atoms with Crippen molar-refractivity contribution in [2.45, 2.75) is 0 Å². The third kappa shape index (κ3) is 4.17. The predicted molar refractivity (Wildman–Crippen MR) is 73.7 cm³/mol. The fourth-order valence-electron chi connectivity index (χ4n) is 1.33. The Kier molecular flexibility index (Phi) is 5.86. The Labute approximate surface area is 121 Å². The molecular weight excluding hydrogens is 286 g/mol. The van der Waals surface area contributed by atoms with Crippen molar-refractivity contribution in [3.8, 4) is 5.75 Å². The Morgan fingerprint density at radius 2 is 1.90 bits per heavy atom. The summed E-state index contributed by atoms with van der Waals surface area (Å²) < 4.78 is 14.0. The second kappa shape index (κ2) is 7.40. The zero-order valence-corrected chi connectivity index (χ0v) is 12.0. The molecule has 1 N–H and O–H groups in total. The number of halogens is 1. The van der Waals surface area contributed by atoms with Crippen LogP contribution in [-0.2, 0) is 19.1 Å². The molecule has 0 spiro atoms. The fourth-order valence-corrected chi connectivity index (χ4v) is 1.59. The summed E-state index contributed by atoms with van der Waals surface area (Å²) in [5.41, 5.74) is 0.428. The molecule has 1 aromatic carbocycles. The largest absolute Gasteiger partial charge is 0.495 e. The minimum absolute atomic E-state index is 0.0689. The first-order valence-corrected chi connectivity index (χ1v) is 5.88. The lowest BCUT2D eigenvalue weighted by atomic mass is 10.2. The minimum atomic E-state index is -0.706. The topological polar surface area (TPSA) is 73.9 Å². The third-order valence-corrected chi connectivity index (χ3v) is 2.59. The van der Waals surface area contributed by atoms with Gasteiger partial charge in [-0.1, -0.05) is 11.6 Å². The number of carbonyl (C=O) groups excluding carboxylic acids is 2. The molecular formula is C13H14ClNO5. The van der Waals surface area contributed by atoms with E-state index in [4.69, 9.17) is 16.3 Å². The molecule has 0 unspecified atom stereocenters. The van der Waals surface area contributed by atoms with Gasteiger partial charge in [-0.3, -0.25) is 0 Å². The van der Waals surface area contributed by atoms with Gasteiger partial charge < -0.3 is 19.5 Å². The predicted octanol–water partition coefficient (Wildman–Crippen LogP) is 1.99. The van der Waals surface area contributed by atoms with Crippen LogP contribution < -0.4 is 10.1 Å². The van der Waals surface area contributed by atoms with Crippen molar-refractivity contribution in [2.75, 3.05) is 26.6 Å². The summed E-state index contributed by atoms with van der Waals surface area (Å²) >= 11 is 5.97. The summed E-state index contributed by atoms with van der Waals surface area (Å²) in [5.74, 6) is -0.895. The maximum atomic E-state index is 11.6. The van der Waals surface area contributed by atoms with Crippen LogP contribution in [0, 0.1) is 0 Å². The van der Waals surface area contributed by atoms with Gasteiger partial charge in [0.25, 0.3) is 0 Å². The van der Waals surface area contributed by atoms with E-state index in [1.165, 1.54) is 21.3 Å². The highest BCUT2D eigenvalue weighted by atomic mass is 35.5. The summed E-state index contributed by atoms with van der Waals surface area (Å²) in [5, 5.41) is 3.09. The first-order valence-electron chi connectivity index (χ1n) is 5.50. The lowest BCUT2D eigenvalue weighted by Crippen LogP contribution is -2.15. The number of methoxy groups -OCH3 is 3. The highest BCUT2D eigenvalue weighted by Gasteiger charge is 2.13. The molecule has 0 fully saturated rings. The van der Waals surface area contributed by atoms with Crippen LogP contribution in [0.3, 0.4) is 0 Å². The van der Waals surface area contributed by atoms with Crippen LogP contribution in [0.5, 0.6) is 5.75 Å². The van der Waals surface area contributed by atoms with E-state index < -0.39 is 11.9 Å². The molecule has 0 amide bonds. The number of hydrogen-bond acceptors (Lipinski definition) is 6. The van der Waals surface area contributed by atoms with Crippen LogP contribution in [-0.4, -0.2) is 33.3 Å². The second-order valence-electron chi connectivity index (χ2n) is 3.55. The van der Waals surface area contributed by atoms with E-state index in [2.05, 4.69) is 14.8 Å². The van der Waals surface area contributed by atoms with Crippen molar-refractivity contribution in [3.05, 3.63) is 35.0 Å². The zero-order valence-electron chi connectivity index (χ0n) is 11.2. The molecule has 108 valence electrons. The van der Waals surface area contributed by atoms with Gasteiger partial charge in [0.05, 0.1) is 32.4 Å². The van der Waals surface area contributed by atoms with Crippen LogP contribution in [0.4, 0.5) is 5.69 Å². The van der Waals surface area contributed by atoms with E-state index in [1.54, 1.807) is 18.2 Å². The fraction of sp³-hybridized carbons (Fsp3) is 0.231. The van der Waals surface area contributed by atoms with E-state index in [0.29, 0.717) is 16.5 Å². The normalized spacial score (nSPS) is 10.7. The van der Waals surface area contributed by atoms with Crippen LogP contribution in [0.1, 0.15) is 0 Å². The molecule has 0 saturated carbocycles. The molecule has 0 bridgehead atoms. The Morgan fingerprint density at radius 1 is 1.20 bits per heavy atom. The quantitative estimate of drug-likeness (QED) is 0.662. The van der Waals surface area contributed by atoms with E-state index in [0.717, 1.165) is 6.08 Å². The molecule has 0 radical (unpaired) electrons. The number of carbonyl (C=O) groups is 2. The van der Waals surface area contributed by atoms with Crippen molar-refractivity contribution in [1.29, 1.82) is 0 Å². The Bertz CT molecular complexity index is 542. The van der Waals surface area contributed by atoms with Gasteiger partial charge in [-0.25, -0.2) is 9.59 Å². The lowest BCUT2D eigenvalue weighted by Gasteiger charge is -2.10. The Morgan fingerprint density at radius 3 is 2.40 bits per heavy atom. The highest BCUT2D eigenvalue weighted by molar-refractivity contribution is 6.32. The number of benzene rings is 1. The van der Waals surface area contributed by atoms with Crippen molar-refractivity contribution in [3.63, 3.8) is 0 Å². The van der Waals surface area contributed by atoms with Gasteiger partial charge in [0.15, 0.2) is 0 Å². The van der Waals surface area contributed by atoms with E-state index in [-0.39, 0.29) is 5.70 Å². The van der Waals surface area contributed by atoms with E-state index in [1.807, 2.05) is 0 Å². The van der Waals surface area contributed by atoms with E-state index >= 15 is 0 Å². The van der Waals surface area contributed by atoms with Gasteiger partial charge in [-0.15, -0.1) is 0 Å². The van der Waals surface area contributed by atoms with Crippen LogP contribution in [0.2, 0.25) is 5.02 Å². The smallest absolute Gasteiger partial charge is 0.354 e. The lowest BCUT2D eigenvalue weighted by molar-refractivity contribution is -0.138. The Hall–Kier alpha value is -2.21.